The molecule has 0 fully saturated rings. The highest BCUT2D eigenvalue weighted by molar-refractivity contribution is 7.96. The molecule has 1 heterocycles. The molecule has 7 heteroatoms. The van der Waals surface area contributed by atoms with E-state index in [9.17, 15) is 21.6 Å². The molecular formula is C9H8O5S2. The predicted molar refractivity (Wildman–Crippen MR) is 55.6 cm³/mol. The summed E-state index contributed by atoms with van der Waals surface area (Å²) in [4.78, 5) is 10.7. The van der Waals surface area contributed by atoms with Crippen molar-refractivity contribution in [2.45, 2.75) is 9.79 Å². The minimum atomic E-state index is -3.83. The van der Waals surface area contributed by atoms with Gasteiger partial charge in [-0.1, -0.05) is 12.1 Å². The molecule has 0 radical (unpaired) electrons. The maximum absolute atomic E-state index is 11.7. The van der Waals surface area contributed by atoms with Crippen molar-refractivity contribution >= 4 is 25.5 Å². The summed E-state index contributed by atoms with van der Waals surface area (Å²) in [6.07, 6.45) is 0. The number of carbonyl (C=O) groups is 1. The highest BCUT2D eigenvalue weighted by Crippen LogP contribution is 2.25. The lowest BCUT2D eigenvalue weighted by molar-refractivity contribution is -0.114. The third-order valence-electron chi connectivity index (χ3n) is 2.22. The third kappa shape index (κ3) is 1.76. The molecule has 0 saturated heterocycles. The van der Waals surface area contributed by atoms with Crippen LogP contribution in [-0.4, -0.2) is 34.1 Å². The molecule has 0 N–H and O–H groups in total. The van der Waals surface area contributed by atoms with Crippen LogP contribution in [0.3, 0.4) is 0 Å². The fourth-order valence-corrected chi connectivity index (χ4v) is 5.16. The second kappa shape index (κ2) is 3.39. The molecule has 0 aromatic heterocycles. The average molecular weight is 260 g/mol. The first-order chi connectivity index (χ1) is 7.33. The van der Waals surface area contributed by atoms with Gasteiger partial charge < -0.3 is 0 Å². The predicted octanol–water partition coefficient (Wildman–Crippen LogP) is -0.183. The lowest BCUT2D eigenvalue weighted by Crippen LogP contribution is -2.18. The molecule has 0 bridgehead atoms. The van der Waals surface area contributed by atoms with Gasteiger partial charge in [-0.2, -0.15) is 0 Å². The highest BCUT2D eigenvalue weighted by Gasteiger charge is 2.34. The van der Waals surface area contributed by atoms with Gasteiger partial charge >= 0.3 is 0 Å². The van der Waals surface area contributed by atoms with E-state index < -0.39 is 37.0 Å². The first-order valence-electron chi connectivity index (χ1n) is 4.39. The molecule has 16 heavy (non-hydrogen) atoms. The van der Waals surface area contributed by atoms with E-state index >= 15 is 0 Å². The van der Waals surface area contributed by atoms with Crippen LogP contribution in [0.5, 0.6) is 0 Å². The number of hydrogen-bond donors (Lipinski definition) is 0. The van der Waals surface area contributed by atoms with Crippen LogP contribution >= 0.6 is 0 Å². The monoisotopic (exact) mass is 260 g/mol. The van der Waals surface area contributed by atoms with Crippen molar-refractivity contribution < 1.29 is 21.6 Å². The van der Waals surface area contributed by atoms with Crippen LogP contribution in [0.4, 0.5) is 0 Å². The van der Waals surface area contributed by atoms with Crippen LogP contribution in [0.15, 0.2) is 34.1 Å². The normalized spacial score (nSPS) is 22.1. The summed E-state index contributed by atoms with van der Waals surface area (Å²) >= 11 is 0. The number of benzene rings is 1. The van der Waals surface area contributed by atoms with Crippen molar-refractivity contribution in [3.63, 3.8) is 0 Å². The van der Waals surface area contributed by atoms with Gasteiger partial charge in [0.25, 0.3) is 0 Å². The molecule has 0 amide bonds. The first-order valence-corrected chi connectivity index (χ1v) is 7.70. The molecule has 0 atom stereocenters. The van der Waals surface area contributed by atoms with E-state index in [1.165, 1.54) is 24.3 Å². The van der Waals surface area contributed by atoms with Crippen molar-refractivity contribution in [3.8, 4) is 0 Å². The molecule has 0 spiro atoms. The maximum Gasteiger partial charge on any atom is 0.186 e. The van der Waals surface area contributed by atoms with Crippen LogP contribution in [0.2, 0.25) is 0 Å². The summed E-state index contributed by atoms with van der Waals surface area (Å²) in [7, 11) is -7.65. The minimum Gasteiger partial charge on any atom is -0.297 e. The Morgan fingerprint density at radius 2 is 1.19 bits per heavy atom. The van der Waals surface area contributed by atoms with Gasteiger partial charge in [-0.25, -0.2) is 16.8 Å². The zero-order chi connectivity index (χ0) is 12.0. The van der Waals surface area contributed by atoms with Crippen LogP contribution < -0.4 is 0 Å². The zero-order valence-electron chi connectivity index (χ0n) is 8.08. The first kappa shape index (κ1) is 11.3. The average Bonchev–Trinajstić information content (AvgIpc) is 2.21. The summed E-state index contributed by atoms with van der Waals surface area (Å²) in [5.74, 6) is -2.29. The van der Waals surface area contributed by atoms with Gasteiger partial charge in [0.1, 0.15) is 11.5 Å². The zero-order valence-corrected chi connectivity index (χ0v) is 9.71. The van der Waals surface area contributed by atoms with Crippen LogP contribution in [0.25, 0.3) is 0 Å². The Morgan fingerprint density at radius 3 is 1.56 bits per heavy atom. The SMILES string of the molecule is O=C1CS(=O)(=O)c2ccccc2S(=O)(=O)C1. The van der Waals surface area contributed by atoms with E-state index in [0.29, 0.717) is 0 Å². The number of carbonyl (C=O) groups excluding carboxylic acids is 1. The molecule has 2 rings (SSSR count). The molecule has 0 aliphatic carbocycles. The number of ketones is 1. The topological polar surface area (TPSA) is 85.3 Å². The lowest BCUT2D eigenvalue weighted by atomic mass is 10.4. The van der Waals surface area contributed by atoms with Crippen molar-refractivity contribution in [3.05, 3.63) is 24.3 Å². The van der Waals surface area contributed by atoms with Crippen LogP contribution in [0.1, 0.15) is 0 Å². The number of Topliss-reactive ketones (excluding diaryl/α,β-unsaturated/α-hetero) is 1. The fourth-order valence-electron chi connectivity index (χ4n) is 1.59. The van der Waals surface area contributed by atoms with Crippen molar-refractivity contribution in [1.82, 2.24) is 0 Å². The Morgan fingerprint density at radius 1 is 0.812 bits per heavy atom. The van der Waals surface area contributed by atoms with E-state index in [2.05, 4.69) is 0 Å². The summed E-state index contributed by atoms with van der Waals surface area (Å²) in [5.41, 5.74) is 0. The van der Waals surface area contributed by atoms with Crippen LogP contribution in [0, 0.1) is 0 Å². The van der Waals surface area contributed by atoms with E-state index in [-0.39, 0.29) is 9.79 Å². The van der Waals surface area contributed by atoms with Crippen LogP contribution in [-0.2, 0) is 24.5 Å². The van der Waals surface area contributed by atoms with E-state index in [0.717, 1.165) is 0 Å². The lowest BCUT2D eigenvalue weighted by Gasteiger charge is -2.03. The van der Waals surface area contributed by atoms with E-state index in [4.69, 9.17) is 0 Å². The number of sulfone groups is 2. The maximum atomic E-state index is 11.7. The van der Waals surface area contributed by atoms with E-state index in [1.54, 1.807) is 0 Å². The largest absolute Gasteiger partial charge is 0.297 e. The summed E-state index contributed by atoms with van der Waals surface area (Å²) < 4.78 is 46.8. The Hall–Kier alpha value is -1.21. The number of fused-ring (bicyclic) bond motifs is 1. The van der Waals surface area contributed by atoms with E-state index in [1.807, 2.05) is 0 Å². The van der Waals surface area contributed by atoms with Crippen molar-refractivity contribution in [2.75, 3.05) is 11.5 Å². The molecule has 1 aromatic rings. The minimum absolute atomic E-state index is 0.277. The highest BCUT2D eigenvalue weighted by atomic mass is 32.2. The van der Waals surface area contributed by atoms with Crippen molar-refractivity contribution in [1.29, 1.82) is 0 Å². The van der Waals surface area contributed by atoms with Gasteiger partial charge in [-0.3, -0.25) is 4.79 Å². The fraction of sp³-hybridized carbons (Fsp3) is 0.222. The molecule has 0 unspecified atom stereocenters. The summed E-state index contributed by atoms with van der Waals surface area (Å²) in [5, 5.41) is 0. The molecule has 86 valence electrons. The number of rotatable bonds is 0. The van der Waals surface area contributed by atoms with Crippen molar-refractivity contribution in [2.24, 2.45) is 0 Å². The van der Waals surface area contributed by atoms with Gasteiger partial charge in [0, 0.05) is 0 Å². The third-order valence-corrected chi connectivity index (χ3v) is 5.81. The molecule has 1 aromatic carbocycles. The molecule has 5 nitrogen and oxygen atoms in total. The Bertz CT molecular complexity index is 598. The molecular weight excluding hydrogens is 252 g/mol. The second-order valence-corrected chi connectivity index (χ2v) is 7.42. The van der Waals surface area contributed by atoms with Gasteiger partial charge in [-0.15, -0.1) is 0 Å². The van der Waals surface area contributed by atoms with Gasteiger partial charge in [0.2, 0.25) is 0 Å². The quantitative estimate of drug-likeness (QED) is 0.645. The second-order valence-electron chi connectivity index (χ2n) is 3.50. The van der Waals surface area contributed by atoms with Gasteiger partial charge in [0.05, 0.1) is 9.79 Å². The Kier molecular flexibility index (Phi) is 2.39. The van der Waals surface area contributed by atoms with Gasteiger partial charge in [-0.05, 0) is 12.1 Å². The molecule has 1 aliphatic rings. The number of hydrogen-bond acceptors (Lipinski definition) is 5. The summed E-state index contributed by atoms with van der Waals surface area (Å²) in [6, 6.07) is 5.28. The molecule has 1 aliphatic heterocycles. The van der Waals surface area contributed by atoms with Gasteiger partial charge in [0.15, 0.2) is 25.5 Å². The molecule has 0 saturated carbocycles. The standard InChI is InChI=1S/C9H8O5S2/c10-7-5-15(11,12)8-3-1-2-4-9(8)16(13,14)6-7/h1-4H,5-6H2. The Labute approximate surface area is 92.9 Å². The summed E-state index contributed by atoms with van der Waals surface area (Å²) in [6.45, 7) is 0. The smallest absolute Gasteiger partial charge is 0.186 e. The Balaban J connectivity index is 2.87.